The van der Waals surface area contributed by atoms with Crippen molar-refractivity contribution < 1.29 is 14.3 Å². The van der Waals surface area contributed by atoms with E-state index in [1.165, 1.54) is 9.80 Å². The number of hydrogen-bond donors (Lipinski definition) is 1. The number of benzene rings is 2. The quantitative estimate of drug-likeness (QED) is 0.764. The monoisotopic (exact) mass is 411 g/mol. The first-order chi connectivity index (χ1) is 14.0. The average molecular weight is 412 g/mol. The molecule has 1 unspecified atom stereocenters. The number of carbonyl (C=O) groups is 1. The van der Waals surface area contributed by atoms with Gasteiger partial charge in [0, 0.05) is 17.5 Å². The third-order valence-corrected chi connectivity index (χ3v) is 6.24. The van der Waals surface area contributed by atoms with Crippen molar-refractivity contribution in [3.63, 3.8) is 0 Å². The molecule has 2 aliphatic rings. The summed E-state index contributed by atoms with van der Waals surface area (Å²) >= 11 is 1.70. The van der Waals surface area contributed by atoms with Crippen LogP contribution >= 0.6 is 11.8 Å². The van der Waals surface area contributed by atoms with Gasteiger partial charge in [-0.15, -0.1) is 11.8 Å². The van der Waals surface area contributed by atoms with E-state index in [-0.39, 0.29) is 18.7 Å². The molecule has 1 atom stereocenters. The summed E-state index contributed by atoms with van der Waals surface area (Å²) in [6.45, 7) is 0.738. The summed E-state index contributed by atoms with van der Waals surface area (Å²) in [5.74, 6) is 0.734. The zero-order valence-corrected chi connectivity index (χ0v) is 17.5. The number of nitrogens with zero attached hydrogens (tertiary/aromatic N) is 2. The maximum Gasteiger partial charge on any atom is 0.261 e. The molecule has 152 valence electrons. The highest BCUT2D eigenvalue weighted by molar-refractivity contribution is 7.98. The van der Waals surface area contributed by atoms with E-state index in [4.69, 9.17) is 15.2 Å². The lowest BCUT2D eigenvalue weighted by Gasteiger charge is -2.29. The molecule has 29 heavy (non-hydrogen) atoms. The van der Waals surface area contributed by atoms with Crippen LogP contribution in [-0.2, 0) is 15.1 Å². The molecule has 2 aromatic rings. The van der Waals surface area contributed by atoms with E-state index in [1.807, 2.05) is 24.3 Å². The molecule has 1 amide bonds. The molecule has 0 aliphatic carbocycles. The number of likely N-dealkylation sites (N-methyl/N-ethyl adjacent to an activating group) is 1. The lowest BCUT2D eigenvalue weighted by Crippen LogP contribution is -2.41. The third-order valence-electron chi connectivity index (χ3n) is 5.51. The summed E-state index contributed by atoms with van der Waals surface area (Å²) in [7, 11) is 1.67. The second-order valence-corrected chi connectivity index (χ2v) is 8.14. The van der Waals surface area contributed by atoms with E-state index >= 15 is 0 Å². The number of hydrogen-bond acceptors (Lipinski definition) is 6. The van der Waals surface area contributed by atoms with Crippen LogP contribution in [0, 0.1) is 0 Å². The zero-order valence-electron chi connectivity index (χ0n) is 16.7. The Morgan fingerprint density at radius 1 is 1.17 bits per heavy atom. The number of rotatable bonds is 2. The van der Waals surface area contributed by atoms with Crippen molar-refractivity contribution in [3.8, 4) is 16.9 Å². The van der Waals surface area contributed by atoms with Gasteiger partial charge in [0.15, 0.2) is 18.3 Å². The number of amides is 1. The van der Waals surface area contributed by atoms with Gasteiger partial charge in [-0.25, -0.2) is 4.99 Å². The van der Waals surface area contributed by atoms with Crippen LogP contribution in [0.2, 0.25) is 0 Å². The summed E-state index contributed by atoms with van der Waals surface area (Å²) in [6.07, 6.45) is 4.26. The highest BCUT2D eigenvalue weighted by Crippen LogP contribution is 2.44. The molecule has 0 bridgehead atoms. The lowest BCUT2D eigenvalue weighted by atomic mass is 9.83. The van der Waals surface area contributed by atoms with E-state index < -0.39 is 5.54 Å². The topological polar surface area (TPSA) is 77.2 Å². The Hall–Kier alpha value is -2.51. The van der Waals surface area contributed by atoms with Gasteiger partial charge in [-0.2, -0.15) is 0 Å². The number of thioether (sulfide) groups is 1. The molecule has 0 fully saturated rings. The summed E-state index contributed by atoms with van der Waals surface area (Å²) in [5.41, 5.74) is 7.84. The predicted octanol–water partition coefficient (Wildman–Crippen LogP) is 3.59. The van der Waals surface area contributed by atoms with Gasteiger partial charge < -0.3 is 15.2 Å². The molecule has 0 saturated heterocycles. The molecular formula is C22H25N3O3S. The van der Waals surface area contributed by atoms with Gasteiger partial charge in [0.05, 0.1) is 6.61 Å². The van der Waals surface area contributed by atoms with Crippen LogP contribution in [0.25, 0.3) is 11.1 Å². The van der Waals surface area contributed by atoms with Crippen LogP contribution in [0.5, 0.6) is 5.75 Å². The molecule has 2 heterocycles. The van der Waals surface area contributed by atoms with Crippen molar-refractivity contribution in [1.82, 2.24) is 4.90 Å². The maximum absolute atomic E-state index is 13.3. The lowest BCUT2D eigenvalue weighted by molar-refractivity contribution is -0.131. The molecule has 2 N–H and O–H groups in total. The fourth-order valence-electron chi connectivity index (χ4n) is 3.88. The van der Waals surface area contributed by atoms with E-state index in [0.717, 1.165) is 29.5 Å². The molecule has 0 radical (unpaired) electrons. The minimum absolute atomic E-state index is 0.114. The summed E-state index contributed by atoms with van der Waals surface area (Å²) in [5, 5.41) is 0. The second kappa shape index (κ2) is 8.08. The Morgan fingerprint density at radius 3 is 2.76 bits per heavy atom. The number of aliphatic imine (C=N–C) groups is 1. The largest absolute Gasteiger partial charge is 0.467 e. The van der Waals surface area contributed by atoms with Crippen molar-refractivity contribution >= 4 is 23.6 Å². The zero-order chi connectivity index (χ0) is 20.4. The minimum atomic E-state index is -1.06. The van der Waals surface area contributed by atoms with Crippen molar-refractivity contribution in [1.29, 1.82) is 0 Å². The maximum atomic E-state index is 13.3. The van der Waals surface area contributed by atoms with E-state index in [1.54, 1.807) is 18.8 Å². The van der Waals surface area contributed by atoms with Crippen molar-refractivity contribution in [2.24, 2.45) is 10.7 Å². The first kappa shape index (κ1) is 19.8. The molecule has 7 heteroatoms. The second-order valence-electron chi connectivity index (χ2n) is 7.26. The highest BCUT2D eigenvalue weighted by Gasteiger charge is 2.49. The van der Waals surface area contributed by atoms with Gasteiger partial charge >= 0.3 is 0 Å². The van der Waals surface area contributed by atoms with Crippen molar-refractivity contribution in [2.75, 3.05) is 26.7 Å². The van der Waals surface area contributed by atoms with Gasteiger partial charge in [-0.3, -0.25) is 9.69 Å². The van der Waals surface area contributed by atoms with Crippen molar-refractivity contribution in [2.45, 2.75) is 29.7 Å². The predicted molar refractivity (Wildman–Crippen MR) is 115 cm³/mol. The molecule has 4 rings (SSSR count). The van der Waals surface area contributed by atoms with Crippen LogP contribution in [-0.4, -0.2) is 43.5 Å². The van der Waals surface area contributed by atoms with Gasteiger partial charge in [0.25, 0.3) is 5.91 Å². The summed E-state index contributed by atoms with van der Waals surface area (Å²) in [4.78, 5) is 20.6. The number of ether oxygens (including phenoxy) is 2. The molecule has 0 saturated carbocycles. The van der Waals surface area contributed by atoms with Crippen LogP contribution < -0.4 is 10.5 Å². The smallest absolute Gasteiger partial charge is 0.261 e. The Balaban J connectivity index is 1.88. The van der Waals surface area contributed by atoms with Gasteiger partial charge in [0.2, 0.25) is 0 Å². The first-order valence-corrected chi connectivity index (χ1v) is 10.9. The molecule has 1 spiro atoms. The van der Waals surface area contributed by atoms with Crippen LogP contribution in [0.15, 0.2) is 52.4 Å². The van der Waals surface area contributed by atoms with E-state index in [0.29, 0.717) is 18.8 Å². The normalized spacial score (nSPS) is 22.2. The third kappa shape index (κ3) is 3.60. The Morgan fingerprint density at radius 2 is 2.00 bits per heavy atom. The fraction of sp³-hybridized carbons (Fsp3) is 0.364. The standard InChI is InChI=1S/C22H25N3O3S/c1-25-20(26)22(24-21(25)23)10-3-4-11-27-14-28-19-9-8-16(13-18(19)22)15-6-5-7-17(12-15)29-2/h5-9,12-13H,3-4,10-11,14H2,1-2H3,(H2,23,24). The van der Waals surface area contributed by atoms with Gasteiger partial charge in [-0.1, -0.05) is 18.2 Å². The molecule has 0 aromatic heterocycles. The van der Waals surface area contributed by atoms with Gasteiger partial charge in [-0.05, 0) is 60.9 Å². The minimum Gasteiger partial charge on any atom is -0.467 e. The van der Waals surface area contributed by atoms with Gasteiger partial charge in [0.1, 0.15) is 5.75 Å². The Labute approximate surface area is 175 Å². The number of carbonyl (C=O) groups excluding carboxylic acids is 1. The Bertz CT molecular complexity index is 962. The average Bonchev–Trinajstić information content (AvgIpc) is 2.97. The molecular weight excluding hydrogens is 386 g/mol. The number of nitrogens with two attached hydrogens (primary N) is 1. The number of fused-ring (bicyclic) bond motifs is 2. The first-order valence-electron chi connectivity index (χ1n) is 9.68. The van der Waals surface area contributed by atoms with E-state index in [9.17, 15) is 4.79 Å². The Kier molecular flexibility index (Phi) is 5.52. The van der Waals surface area contributed by atoms with Crippen LogP contribution in [0.1, 0.15) is 24.8 Å². The molecule has 2 aromatic carbocycles. The van der Waals surface area contributed by atoms with Crippen molar-refractivity contribution in [3.05, 3.63) is 48.0 Å². The molecule has 6 nitrogen and oxygen atoms in total. The fourth-order valence-corrected chi connectivity index (χ4v) is 4.34. The summed E-state index contributed by atoms with van der Waals surface area (Å²) in [6, 6.07) is 14.3. The van der Waals surface area contributed by atoms with Crippen LogP contribution in [0.4, 0.5) is 0 Å². The molecule has 2 aliphatic heterocycles. The highest BCUT2D eigenvalue weighted by atomic mass is 32.2. The number of guanidine groups is 1. The van der Waals surface area contributed by atoms with Crippen LogP contribution in [0.3, 0.4) is 0 Å². The summed E-state index contributed by atoms with van der Waals surface area (Å²) < 4.78 is 11.4. The van der Waals surface area contributed by atoms with E-state index in [2.05, 4.69) is 29.4 Å². The SMILES string of the molecule is CSc1cccc(-c2ccc3c(c2)C2(CCCCOCO3)N=C(N)N(C)C2=O)c1.